The molecule has 1 fully saturated rings. The SMILES string of the molecule is Cc1noc(C)c1CC(=O)N1CCC(C(=O)NCC(F)(F)F)CC1. The summed E-state index contributed by atoms with van der Waals surface area (Å²) < 4.78 is 41.4. The molecule has 1 aromatic heterocycles. The van der Waals surface area contributed by atoms with Crippen LogP contribution in [0.25, 0.3) is 0 Å². The van der Waals surface area contributed by atoms with Gasteiger partial charge < -0.3 is 14.7 Å². The van der Waals surface area contributed by atoms with Crippen LogP contribution in [-0.2, 0) is 16.0 Å². The van der Waals surface area contributed by atoms with E-state index >= 15 is 0 Å². The van der Waals surface area contributed by atoms with E-state index in [2.05, 4.69) is 5.16 Å². The number of amides is 2. The third-order valence-electron chi connectivity index (χ3n) is 4.19. The Bertz CT molecular complexity index is 585. The molecular formula is C15H20F3N3O3. The first kappa shape index (κ1) is 18.3. The fourth-order valence-electron chi connectivity index (χ4n) is 2.74. The Morgan fingerprint density at radius 1 is 1.29 bits per heavy atom. The molecule has 0 atom stereocenters. The first-order valence-corrected chi connectivity index (χ1v) is 7.71. The minimum absolute atomic E-state index is 0.0986. The van der Waals surface area contributed by atoms with Crippen LogP contribution in [0, 0.1) is 19.8 Å². The van der Waals surface area contributed by atoms with E-state index in [0.29, 0.717) is 37.4 Å². The summed E-state index contributed by atoms with van der Waals surface area (Å²) in [5, 5.41) is 5.70. The third-order valence-corrected chi connectivity index (χ3v) is 4.19. The van der Waals surface area contributed by atoms with Crippen LogP contribution in [0.1, 0.15) is 29.9 Å². The number of carbonyl (C=O) groups is 2. The van der Waals surface area contributed by atoms with Crippen LogP contribution in [0.5, 0.6) is 0 Å². The van der Waals surface area contributed by atoms with E-state index in [4.69, 9.17) is 4.52 Å². The van der Waals surface area contributed by atoms with Crippen molar-refractivity contribution in [1.82, 2.24) is 15.4 Å². The van der Waals surface area contributed by atoms with Gasteiger partial charge in [-0.25, -0.2) is 0 Å². The van der Waals surface area contributed by atoms with Gasteiger partial charge in [-0.15, -0.1) is 0 Å². The molecule has 0 saturated carbocycles. The monoisotopic (exact) mass is 347 g/mol. The molecule has 134 valence electrons. The number of nitrogens with one attached hydrogen (secondary N) is 1. The van der Waals surface area contributed by atoms with Crippen molar-refractivity contribution in [3.05, 3.63) is 17.0 Å². The molecule has 0 unspecified atom stereocenters. The zero-order valence-corrected chi connectivity index (χ0v) is 13.6. The van der Waals surface area contributed by atoms with Crippen molar-refractivity contribution in [2.45, 2.75) is 39.3 Å². The van der Waals surface area contributed by atoms with Crippen molar-refractivity contribution in [2.24, 2.45) is 5.92 Å². The summed E-state index contributed by atoms with van der Waals surface area (Å²) in [6, 6.07) is 0. The van der Waals surface area contributed by atoms with Crippen molar-refractivity contribution >= 4 is 11.8 Å². The molecule has 0 aromatic carbocycles. The Kier molecular flexibility index (Phi) is 5.51. The second-order valence-corrected chi connectivity index (χ2v) is 5.97. The molecule has 2 amide bonds. The summed E-state index contributed by atoms with van der Waals surface area (Å²) in [7, 11) is 0. The molecule has 9 heteroatoms. The highest BCUT2D eigenvalue weighted by Gasteiger charge is 2.32. The highest BCUT2D eigenvalue weighted by Crippen LogP contribution is 2.21. The highest BCUT2D eigenvalue weighted by molar-refractivity contribution is 5.81. The first-order chi connectivity index (χ1) is 11.2. The number of aromatic nitrogens is 1. The van der Waals surface area contributed by atoms with Crippen molar-refractivity contribution in [2.75, 3.05) is 19.6 Å². The molecule has 0 spiro atoms. The number of nitrogens with zero attached hydrogens (tertiary/aromatic N) is 2. The van der Waals surface area contributed by atoms with Gasteiger partial charge in [0.1, 0.15) is 12.3 Å². The number of alkyl halides is 3. The minimum Gasteiger partial charge on any atom is -0.361 e. The smallest absolute Gasteiger partial charge is 0.361 e. The number of halogens is 3. The number of aryl methyl sites for hydroxylation is 2. The zero-order chi connectivity index (χ0) is 17.9. The molecule has 0 aliphatic carbocycles. The second-order valence-electron chi connectivity index (χ2n) is 5.97. The van der Waals surface area contributed by atoms with Crippen molar-refractivity contribution in [3.8, 4) is 0 Å². The van der Waals surface area contributed by atoms with Crippen molar-refractivity contribution < 1.29 is 27.3 Å². The third kappa shape index (κ3) is 4.72. The lowest BCUT2D eigenvalue weighted by Crippen LogP contribution is -2.45. The van der Waals surface area contributed by atoms with Crippen LogP contribution in [0.4, 0.5) is 13.2 Å². The molecule has 1 aliphatic heterocycles. The number of likely N-dealkylation sites (tertiary alicyclic amines) is 1. The molecule has 2 rings (SSSR count). The van der Waals surface area contributed by atoms with Crippen LogP contribution < -0.4 is 5.32 Å². The van der Waals surface area contributed by atoms with Gasteiger partial charge in [0.15, 0.2) is 0 Å². The van der Waals surface area contributed by atoms with Gasteiger partial charge >= 0.3 is 6.18 Å². The number of rotatable bonds is 4. The first-order valence-electron chi connectivity index (χ1n) is 7.71. The predicted molar refractivity (Wildman–Crippen MR) is 78.0 cm³/mol. The number of piperidine rings is 1. The Morgan fingerprint density at radius 3 is 2.42 bits per heavy atom. The van der Waals surface area contributed by atoms with Crippen molar-refractivity contribution in [3.63, 3.8) is 0 Å². The maximum Gasteiger partial charge on any atom is 0.405 e. The number of carbonyl (C=O) groups excluding carboxylic acids is 2. The number of hydrogen-bond acceptors (Lipinski definition) is 4. The fraction of sp³-hybridized carbons (Fsp3) is 0.667. The lowest BCUT2D eigenvalue weighted by Gasteiger charge is -2.31. The average molecular weight is 347 g/mol. The minimum atomic E-state index is -4.42. The zero-order valence-electron chi connectivity index (χ0n) is 13.6. The van der Waals surface area contributed by atoms with Gasteiger partial charge in [-0.2, -0.15) is 13.2 Å². The maximum atomic E-state index is 12.3. The Balaban J connectivity index is 1.82. The van der Waals surface area contributed by atoms with E-state index < -0.39 is 24.5 Å². The molecular weight excluding hydrogens is 327 g/mol. The highest BCUT2D eigenvalue weighted by atomic mass is 19.4. The van der Waals surface area contributed by atoms with Crippen LogP contribution in [-0.4, -0.2) is 47.7 Å². The van der Waals surface area contributed by atoms with E-state index in [1.807, 2.05) is 5.32 Å². The Morgan fingerprint density at radius 2 is 1.92 bits per heavy atom. The van der Waals surface area contributed by atoms with Gasteiger partial charge in [0.25, 0.3) is 0 Å². The topological polar surface area (TPSA) is 75.4 Å². The standard InChI is InChI=1S/C15H20F3N3O3/c1-9-12(10(2)24-20-9)7-13(22)21-5-3-11(4-6-21)14(23)19-8-15(16,17)18/h11H,3-8H2,1-2H3,(H,19,23). The summed E-state index contributed by atoms with van der Waals surface area (Å²) in [5.74, 6) is -0.596. The maximum absolute atomic E-state index is 12.3. The van der Waals surface area contributed by atoms with E-state index in [1.165, 1.54) is 0 Å². The molecule has 1 N–H and O–H groups in total. The normalized spacial score (nSPS) is 16.3. The van der Waals surface area contributed by atoms with Crippen LogP contribution in [0.15, 0.2) is 4.52 Å². The summed E-state index contributed by atoms with van der Waals surface area (Å²) in [6.07, 6.45) is -3.53. The average Bonchev–Trinajstić information content (AvgIpc) is 2.84. The van der Waals surface area contributed by atoms with E-state index in [9.17, 15) is 22.8 Å². The molecule has 1 aliphatic rings. The van der Waals surface area contributed by atoms with Crippen molar-refractivity contribution in [1.29, 1.82) is 0 Å². The van der Waals surface area contributed by atoms with Gasteiger partial charge in [-0.3, -0.25) is 9.59 Å². The lowest BCUT2D eigenvalue weighted by atomic mass is 9.95. The van der Waals surface area contributed by atoms with Gasteiger partial charge in [0.05, 0.1) is 12.1 Å². The van der Waals surface area contributed by atoms with Crippen LogP contribution in [0.2, 0.25) is 0 Å². The van der Waals surface area contributed by atoms with Crippen LogP contribution in [0.3, 0.4) is 0 Å². The van der Waals surface area contributed by atoms with E-state index in [1.54, 1.807) is 18.7 Å². The summed E-state index contributed by atoms with van der Waals surface area (Å²) in [4.78, 5) is 25.7. The quantitative estimate of drug-likeness (QED) is 0.900. The predicted octanol–water partition coefficient (Wildman–Crippen LogP) is 1.75. The fourth-order valence-corrected chi connectivity index (χ4v) is 2.74. The molecule has 0 radical (unpaired) electrons. The molecule has 2 heterocycles. The Labute approximate surface area is 137 Å². The molecule has 6 nitrogen and oxygen atoms in total. The lowest BCUT2D eigenvalue weighted by molar-refractivity contribution is -0.142. The summed E-state index contributed by atoms with van der Waals surface area (Å²) in [5.41, 5.74) is 1.42. The van der Waals surface area contributed by atoms with Gasteiger partial charge in [-0.05, 0) is 26.7 Å². The van der Waals surface area contributed by atoms with Gasteiger partial charge in [0.2, 0.25) is 11.8 Å². The second kappa shape index (κ2) is 7.23. The largest absolute Gasteiger partial charge is 0.405 e. The Hall–Kier alpha value is -2.06. The van der Waals surface area contributed by atoms with E-state index in [0.717, 1.165) is 5.56 Å². The number of hydrogen-bond donors (Lipinski definition) is 1. The molecule has 1 aromatic rings. The molecule has 1 saturated heterocycles. The van der Waals surface area contributed by atoms with Crippen LogP contribution >= 0.6 is 0 Å². The molecule has 24 heavy (non-hydrogen) atoms. The summed E-state index contributed by atoms with van der Waals surface area (Å²) in [6.45, 7) is 2.88. The van der Waals surface area contributed by atoms with E-state index in [-0.39, 0.29) is 12.3 Å². The summed E-state index contributed by atoms with van der Waals surface area (Å²) >= 11 is 0. The van der Waals surface area contributed by atoms with Gasteiger partial charge in [-0.1, -0.05) is 5.16 Å². The van der Waals surface area contributed by atoms with Gasteiger partial charge in [0, 0.05) is 24.6 Å². The molecule has 0 bridgehead atoms.